The number of aryl methyl sites for hydroxylation is 1. The van der Waals surface area contributed by atoms with Crippen molar-refractivity contribution in [1.29, 1.82) is 0 Å². The molecular formula is C14H12FNO3S. The van der Waals surface area contributed by atoms with Gasteiger partial charge in [0.1, 0.15) is 10.8 Å². The molecule has 4 nitrogen and oxygen atoms in total. The number of hydrogen-bond acceptors (Lipinski definition) is 3. The summed E-state index contributed by atoms with van der Waals surface area (Å²) < 4.78 is 12.8. The first-order chi connectivity index (χ1) is 9.51. The fraction of sp³-hybridized carbons (Fsp3) is 0.143. The van der Waals surface area contributed by atoms with Crippen molar-refractivity contribution in [2.75, 3.05) is 5.32 Å². The van der Waals surface area contributed by atoms with Crippen LogP contribution in [0.25, 0.3) is 0 Å². The Labute approximate surface area is 118 Å². The normalized spacial score (nSPS) is 10.3. The summed E-state index contributed by atoms with van der Waals surface area (Å²) in [5.41, 5.74) is 0.344. The largest absolute Gasteiger partial charge is 0.478 e. The molecular weight excluding hydrogens is 281 g/mol. The summed E-state index contributed by atoms with van der Waals surface area (Å²) >= 11 is 1.23. The van der Waals surface area contributed by atoms with E-state index in [1.165, 1.54) is 35.6 Å². The van der Waals surface area contributed by atoms with Gasteiger partial charge < -0.3 is 10.4 Å². The number of carboxylic acid groups (broad SMARTS) is 1. The van der Waals surface area contributed by atoms with Gasteiger partial charge in [0, 0.05) is 10.4 Å². The van der Waals surface area contributed by atoms with Crippen molar-refractivity contribution < 1.29 is 19.1 Å². The van der Waals surface area contributed by atoms with Gasteiger partial charge in [-0.2, -0.15) is 0 Å². The molecule has 0 saturated carbocycles. The highest BCUT2D eigenvalue weighted by Gasteiger charge is 2.17. The van der Waals surface area contributed by atoms with E-state index in [2.05, 4.69) is 5.32 Å². The lowest BCUT2D eigenvalue weighted by Gasteiger charge is -2.04. The average Bonchev–Trinajstić information content (AvgIpc) is 2.82. The summed E-state index contributed by atoms with van der Waals surface area (Å²) in [6.45, 7) is 1.91. The zero-order valence-electron chi connectivity index (χ0n) is 10.6. The zero-order valence-corrected chi connectivity index (χ0v) is 11.5. The van der Waals surface area contributed by atoms with Crippen LogP contribution in [0.2, 0.25) is 0 Å². The molecule has 0 aliphatic heterocycles. The van der Waals surface area contributed by atoms with Gasteiger partial charge in [0.05, 0.1) is 5.56 Å². The lowest BCUT2D eigenvalue weighted by molar-refractivity contribution is 0.0698. The molecule has 0 atom stereocenters. The maximum absolute atomic E-state index is 12.8. The number of carbonyl (C=O) groups is 2. The standard InChI is InChI=1S/C14H12FNO3S/c1-2-10-7-11(14(18)19)13(20-10)16-12(17)8-3-5-9(15)6-4-8/h3-7H,2H2,1H3,(H,16,17)(H,18,19). The smallest absolute Gasteiger partial charge is 0.338 e. The molecule has 0 unspecified atom stereocenters. The molecule has 2 aromatic rings. The van der Waals surface area contributed by atoms with Gasteiger partial charge in [-0.3, -0.25) is 4.79 Å². The molecule has 6 heteroatoms. The highest BCUT2D eigenvalue weighted by Crippen LogP contribution is 2.29. The number of thiophene rings is 1. The van der Waals surface area contributed by atoms with Crippen molar-refractivity contribution >= 4 is 28.2 Å². The van der Waals surface area contributed by atoms with Crippen LogP contribution in [0, 0.1) is 5.82 Å². The van der Waals surface area contributed by atoms with Crippen LogP contribution in [0.15, 0.2) is 30.3 Å². The third-order valence-corrected chi connectivity index (χ3v) is 3.89. The Hall–Kier alpha value is -2.21. The molecule has 0 fully saturated rings. The fourth-order valence-corrected chi connectivity index (χ4v) is 2.63. The van der Waals surface area contributed by atoms with Crippen LogP contribution in [-0.4, -0.2) is 17.0 Å². The molecule has 1 amide bonds. The summed E-state index contributed by atoms with van der Waals surface area (Å²) in [4.78, 5) is 24.0. The molecule has 0 bridgehead atoms. The summed E-state index contributed by atoms with van der Waals surface area (Å²) in [5, 5.41) is 12.0. The highest BCUT2D eigenvalue weighted by molar-refractivity contribution is 7.16. The molecule has 2 rings (SSSR count). The van der Waals surface area contributed by atoms with Crippen LogP contribution >= 0.6 is 11.3 Å². The lowest BCUT2D eigenvalue weighted by Crippen LogP contribution is -2.13. The van der Waals surface area contributed by atoms with Gasteiger partial charge in [-0.15, -0.1) is 11.3 Å². The quantitative estimate of drug-likeness (QED) is 0.908. The minimum Gasteiger partial charge on any atom is -0.478 e. The summed E-state index contributed by atoms with van der Waals surface area (Å²) in [6.07, 6.45) is 0.692. The van der Waals surface area contributed by atoms with Crippen LogP contribution in [0.4, 0.5) is 9.39 Å². The number of carboxylic acids is 1. The van der Waals surface area contributed by atoms with Crippen molar-refractivity contribution in [3.63, 3.8) is 0 Å². The minimum atomic E-state index is -1.09. The SMILES string of the molecule is CCc1cc(C(=O)O)c(NC(=O)c2ccc(F)cc2)s1. The van der Waals surface area contributed by atoms with Gasteiger partial charge >= 0.3 is 5.97 Å². The second kappa shape index (κ2) is 5.83. The van der Waals surface area contributed by atoms with E-state index in [0.29, 0.717) is 11.4 Å². The molecule has 0 aliphatic carbocycles. The van der Waals surface area contributed by atoms with Gasteiger partial charge in [0.2, 0.25) is 0 Å². The molecule has 0 radical (unpaired) electrons. The van der Waals surface area contributed by atoms with Gasteiger partial charge in [-0.1, -0.05) is 6.92 Å². The Balaban J connectivity index is 2.25. The van der Waals surface area contributed by atoms with Crippen LogP contribution < -0.4 is 5.32 Å². The molecule has 0 spiro atoms. The Morgan fingerprint density at radius 1 is 1.30 bits per heavy atom. The maximum Gasteiger partial charge on any atom is 0.338 e. The number of amides is 1. The number of rotatable bonds is 4. The van der Waals surface area contributed by atoms with Gasteiger partial charge in [0.25, 0.3) is 5.91 Å². The van der Waals surface area contributed by atoms with Crippen molar-refractivity contribution in [3.8, 4) is 0 Å². The summed E-state index contributed by atoms with van der Waals surface area (Å²) in [7, 11) is 0. The first-order valence-electron chi connectivity index (χ1n) is 5.94. The number of nitrogens with one attached hydrogen (secondary N) is 1. The first kappa shape index (κ1) is 14.2. The molecule has 1 heterocycles. The van der Waals surface area contributed by atoms with Crippen LogP contribution in [0.1, 0.15) is 32.5 Å². The van der Waals surface area contributed by atoms with E-state index in [1.54, 1.807) is 6.07 Å². The Bertz CT molecular complexity index is 649. The topological polar surface area (TPSA) is 66.4 Å². The van der Waals surface area contributed by atoms with Crippen LogP contribution in [0.3, 0.4) is 0 Å². The minimum absolute atomic E-state index is 0.0716. The second-order valence-corrected chi connectivity index (χ2v) is 5.21. The fourth-order valence-electron chi connectivity index (χ4n) is 1.64. The predicted octanol–water partition coefficient (Wildman–Crippen LogP) is 3.40. The molecule has 0 aliphatic rings. The van der Waals surface area contributed by atoms with E-state index in [-0.39, 0.29) is 11.1 Å². The van der Waals surface area contributed by atoms with Gasteiger partial charge in [0.15, 0.2) is 0 Å². The molecule has 1 aromatic heterocycles. The third-order valence-electron chi connectivity index (χ3n) is 2.70. The number of anilines is 1. The Morgan fingerprint density at radius 3 is 2.50 bits per heavy atom. The Morgan fingerprint density at radius 2 is 1.95 bits per heavy atom. The first-order valence-corrected chi connectivity index (χ1v) is 6.75. The molecule has 1 aromatic carbocycles. The van der Waals surface area contributed by atoms with E-state index in [9.17, 15) is 14.0 Å². The second-order valence-electron chi connectivity index (χ2n) is 4.08. The van der Waals surface area contributed by atoms with Crippen LogP contribution in [0.5, 0.6) is 0 Å². The zero-order chi connectivity index (χ0) is 14.7. The molecule has 20 heavy (non-hydrogen) atoms. The average molecular weight is 293 g/mol. The van der Waals surface area contributed by atoms with E-state index >= 15 is 0 Å². The number of benzene rings is 1. The van der Waals surface area contributed by atoms with E-state index in [4.69, 9.17) is 5.11 Å². The predicted molar refractivity (Wildman–Crippen MR) is 75.0 cm³/mol. The monoisotopic (exact) mass is 293 g/mol. The molecule has 2 N–H and O–H groups in total. The van der Waals surface area contributed by atoms with Crippen molar-refractivity contribution in [2.24, 2.45) is 0 Å². The number of halogens is 1. The number of hydrogen-bond donors (Lipinski definition) is 2. The van der Waals surface area contributed by atoms with E-state index in [0.717, 1.165) is 4.88 Å². The van der Waals surface area contributed by atoms with Crippen molar-refractivity contribution in [3.05, 3.63) is 52.2 Å². The van der Waals surface area contributed by atoms with Gasteiger partial charge in [-0.05, 0) is 36.8 Å². The van der Waals surface area contributed by atoms with Crippen molar-refractivity contribution in [1.82, 2.24) is 0 Å². The van der Waals surface area contributed by atoms with E-state index in [1.807, 2.05) is 6.92 Å². The van der Waals surface area contributed by atoms with Gasteiger partial charge in [-0.25, -0.2) is 9.18 Å². The summed E-state index contributed by atoms with van der Waals surface area (Å²) in [6, 6.07) is 6.60. The highest BCUT2D eigenvalue weighted by atomic mass is 32.1. The molecule has 0 saturated heterocycles. The number of carbonyl (C=O) groups excluding carboxylic acids is 1. The lowest BCUT2D eigenvalue weighted by atomic mass is 10.2. The van der Waals surface area contributed by atoms with E-state index < -0.39 is 17.7 Å². The van der Waals surface area contributed by atoms with Crippen LogP contribution in [-0.2, 0) is 6.42 Å². The Kier molecular flexibility index (Phi) is 4.14. The van der Waals surface area contributed by atoms with Crippen molar-refractivity contribution in [2.45, 2.75) is 13.3 Å². The molecule has 104 valence electrons. The maximum atomic E-state index is 12.8. The summed E-state index contributed by atoms with van der Waals surface area (Å²) in [5.74, 6) is -1.98. The number of aromatic carboxylic acids is 1. The third kappa shape index (κ3) is 3.03.